The number of aryl methyl sites for hydroxylation is 1. The molecule has 1 amide bonds. The Kier molecular flexibility index (Phi) is 11.9. The minimum atomic E-state index is 0.124. The summed E-state index contributed by atoms with van der Waals surface area (Å²) in [5.74, 6) is 0.392. The van der Waals surface area contributed by atoms with Crippen molar-refractivity contribution in [3.05, 3.63) is 29.8 Å². The lowest BCUT2D eigenvalue weighted by atomic mass is 10.1. The molecule has 0 aromatic heterocycles. The zero-order valence-electron chi connectivity index (χ0n) is 15.4. The van der Waals surface area contributed by atoms with Gasteiger partial charge in [0, 0.05) is 13.0 Å². The van der Waals surface area contributed by atoms with Crippen molar-refractivity contribution in [2.75, 3.05) is 6.54 Å². The number of carbonyl (C=O) groups excluding carboxylic acids is 1. The molecule has 0 atom stereocenters. The maximum atomic E-state index is 11.8. The summed E-state index contributed by atoms with van der Waals surface area (Å²) < 4.78 is 0. The van der Waals surface area contributed by atoms with Gasteiger partial charge < -0.3 is 10.4 Å². The molecule has 0 radical (unpaired) electrons. The molecule has 0 aliphatic rings. The van der Waals surface area contributed by atoms with Crippen molar-refractivity contribution >= 4 is 5.91 Å². The molecule has 3 nitrogen and oxygen atoms in total. The Hall–Kier alpha value is -1.51. The number of benzene rings is 1. The van der Waals surface area contributed by atoms with E-state index in [2.05, 4.69) is 12.2 Å². The molecule has 1 aromatic rings. The van der Waals surface area contributed by atoms with E-state index in [0.717, 1.165) is 24.9 Å². The Labute approximate surface area is 147 Å². The van der Waals surface area contributed by atoms with Gasteiger partial charge in [0.15, 0.2) is 0 Å². The van der Waals surface area contributed by atoms with E-state index in [9.17, 15) is 9.90 Å². The van der Waals surface area contributed by atoms with Gasteiger partial charge in [-0.05, 0) is 30.5 Å². The molecule has 0 spiro atoms. The number of phenolic OH excluding ortho intramolecular Hbond substituents is 1. The topological polar surface area (TPSA) is 49.3 Å². The van der Waals surface area contributed by atoms with Crippen molar-refractivity contribution < 1.29 is 9.90 Å². The highest BCUT2D eigenvalue weighted by molar-refractivity contribution is 5.76. The van der Waals surface area contributed by atoms with Crippen LogP contribution in [-0.4, -0.2) is 17.6 Å². The van der Waals surface area contributed by atoms with Crippen LogP contribution in [0.1, 0.15) is 83.1 Å². The summed E-state index contributed by atoms with van der Waals surface area (Å²) in [5.41, 5.74) is 1.09. The van der Waals surface area contributed by atoms with Crippen LogP contribution in [0.2, 0.25) is 0 Å². The molecule has 1 aromatic carbocycles. The fourth-order valence-electron chi connectivity index (χ4n) is 2.85. The maximum Gasteiger partial charge on any atom is 0.220 e. The van der Waals surface area contributed by atoms with Gasteiger partial charge >= 0.3 is 0 Å². The van der Waals surface area contributed by atoms with Crippen LogP contribution in [0.15, 0.2) is 24.3 Å². The summed E-state index contributed by atoms with van der Waals surface area (Å²) in [7, 11) is 0. The van der Waals surface area contributed by atoms with Gasteiger partial charge in [0.05, 0.1) is 0 Å². The van der Waals surface area contributed by atoms with Gasteiger partial charge in [0.2, 0.25) is 5.91 Å². The van der Waals surface area contributed by atoms with Crippen LogP contribution < -0.4 is 5.32 Å². The average molecular weight is 334 g/mol. The number of aromatic hydroxyl groups is 1. The van der Waals surface area contributed by atoms with E-state index in [-0.39, 0.29) is 11.7 Å². The maximum absolute atomic E-state index is 11.8. The largest absolute Gasteiger partial charge is 0.508 e. The minimum Gasteiger partial charge on any atom is -0.508 e. The fraction of sp³-hybridized carbons (Fsp3) is 0.667. The van der Waals surface area contributed by atoms with Gasteiger partial charge in [-0.1, -0.05) is 76.8 Å². The third kappa shape index (κ3) is 11.1. The highest BCUT2D eigenvalue weighted by atomic mass is 16.3. The highest BCUT2D eigenvalue weighted by Crippen LogP contribution is 2.11. The average Bonchev–Trinajstić information content (AvgIpc) is 2.59. The molecule has 3 heteroatoms. The predicted molar refractivity (Wildman–Crippen MR) is 101 cm³/mol. The Bertz CT molecular complexity index is 428. The number of phenols is 1. The molecule has 2 N–H and O–H groups in total. The molecule has 136 valence electrons. The summed E-state index contributed by atoms with van der Waals surface area (Å²) in [6.45, 7) is 3.05. The molecular formula is C21H35NO2. The molecular weight excluding hydrogens is 298 g/mol. The SMILES string of the molecule is CCCCCCCCCCCCNC(=O)CCc1ccc(O)cc1. The van der Waals surface area contributed by atoms with E-state index < -0.39 is 0 Å². The van der Waals surface area contributed by atoms with Crippen molar-refractivity contribution in [1.82, 2.24) is 5.32 Å². The van der Waals surface area contributed by atoms with Crippen LogP contribution in [0.5, 0.6) is 5.75 Å². The number of unbranched alkanes of at least 4 members (excludes halogenated alkanes) is 9. The van der Waals surface area contributed by atoms with Crippen LogP contribution in [0, 0.1) is 0 Å². The normalized spacial score (nSPS) is 10.7. The number of nitrogens with one attached hydrogen (secondary N) is 1. The summed E-state index contributed by atoms with van der Waals surface area (Å²) in [6.07, 6.45) is 14.4. The summed E-state index contributed by atoms with van der Waals surface area (Å²) >= 11 is 0. The van der Waals surface area contributed by atoms with Crippen molar-refractivity contribution in [2.24, 2.45) is 0 Å². The van der Waals surface area contributed by atoms with Gasteiger partial charge in [-0.25, -0.2) is 0 Å². The second-order valence-electron chi connectivity index (χ2n) is 6.70. The van der Waals surface area contributed by atoms with E-state index in [4.69, 9.17) is 0 Å². The van der Waals surface area contributed by atoms with Gasteiger partial charge in [-0.2, -0.15) is 0 Å². The summed E-state index contributed by atoms with van der Waals surface area (Å²) in [5, 5.41) is 12.2. The Morgan fingerprint density at radius 3 is 2.00 bits per heavy atom. The molecule has 0 heterocycles. The van der Waals surface area contributed by atoms with Gasteiger partial charge in [0.1, 0.15) is 5.75 Å². The first-order valence-corrected chi connectivity index (χ1v) is 9.77. The first-order valence-electron chi connectivity index (χ1n) is 9.77. The lowest BCUT2D eigenvalue weighted by molar-refractivity contribution is -0.121. The molecule has 0 aliphatic carbocycles. The van der Waals surface area contributed by atoms with Crippen LogP contribution in [-0.2, 0) is 11.2 Å². The summed E-state index contributed by atoms with van der Waals surface area (Å²) in [4.78, 5) is 11.8. The Balaban J connectivity index is 1.88. The first-order chi connectivity index (χ1) is 11.7. The fourth-order valence-corrected chi connectivity index (χ4v) is 2.85. The van der Waals surface area contributed by atoms with Crippen molar-refractivity contribution in [3.63, 3.8) is 0 Å². The van der Waals surface area contributed by atoms with Crippen LogP contribution in [0.25, 0.3) is 0 Å². The predicted octanol–water partition coefficient (Wildman–Crippen LogP) is 5.36. The third-order valence-electron chi connectivity index (χ3n) is 4.43. The monoisotopic (exact) mass is 333 g/mol. The van der Waals surface area contributed by atoms with Gasteiger partial charge in [-0.3, -0.25) is 4.79 Å². The number of hydrogen-bond acceptors (Lipinski definition) is 2. The van der Waals surface area contributed by atoms with E-state index in [1.165, 1.54) is 57.8 Å². The highest BCUT2D eigenvalue weighted by Gasteiger charge is 2.02. The zero-order chi connectivity index (χ0) is 17.5. The Morgan fingerprint density at radius 1 is 0.875 bits per heavy atom. The van der Waals surface area contributed by atoms with E-state index in [0.29, 0.717) is 6.42 Å². The van der Waals surface area contributed by atoms with Crippen LogP contribution in [0.3, 0.4) is 0 Å². The molecule has 0 bridgehead atoms. The summed E-state index contributed by atoms with van der Waals surface area (Å²) in [6, 6.07) is 7.06. The molecule has 0 saturated carbocycles. The molecule has 0 unspecified atom stereocenters. The van der Waals surface area contributed by atoms with Gasteiger partial charge in [0.25, 0.3) is 0 Å². The number of amides is 1. The van der Waals surface area contributed by atoms with Crippen LogP contribution >= 0.6 is 0 Å². The standard InChI is InChI=1S/C21H35NO2/c1-2-3-4-5-6-7-8-9-10-11-18-22-21(24)17-14-19-12-15-20(23)16-13-19/h12-13,15-16,23H,2-11,14,17-18H2,1H3,(H,22,24). The number of rotatable bonds is 14. The van der Waals surface area contributed by atoms with Crippen molar-refractivity contribution in [3.8, 4) is 5.75 Å². The first kappa shape index (κ1) is 20.5. The zero-order valence-corrected chi connectivity index (χ0v) is 15.4. The third-order valence-corrected chi connectivity index (χ3v) is 4.43. The van der Waals surface area contributed by atoms with E-state index in [1.54, 1.807) is 12.1 Å². The van der Waals surface area contributed by atoms with E-state index in [1.807, 2.05) is 12.1 Å². The van der Waals surface area contributed by atoms with Crippen molar-refractivity contribution in [1.29, 1.82) is 0 Å². The smallest absolute Gasteiger partial charge is 0.220 e. The minimum absolute atomic E-state index is 0.124. The molecule has 0 saturated heterocycles. The number of hydrogen-bond donors (Lipinski definition) is 2. The van der Waals surface area contributed by atoms with E-state index >= 15 is 0 Å². The van der Waals surface area contributed by atoms with Crippen molar-refractivity contribution in [2.45, 2.75) is 84.0 Å². The lowest BCUT2D eigenvalue weighted by Crippen LogP contribution is -2.24. The number of carbonyl (C=O) groups is 1. The lowest BCUT2D eigenvalue weighted by Gasteiger charge is -2.06. The quantitative estimate of drug-likeness (QED) is 0.450. The molecule has 0 aliphatic heterocycles. The second kappa shape index (κ2) is 13.9. The molecule has 0 fully saturated rings. The molecule has 24 heavy (non-hydrogen) atoms. The molecule has 1 rings (SSSR count). The Morgan fingerprint density at radius 2 is 1.42 bits per heavy atom. The second-order valence-corrected chi connectivity index (χ2v) is 6.70. The van der Waals surface area contributed by atoms with Gasteiger partial charge in [-0.15, -0.1) is 0 Å². The van der Waals surface area contributed by atoms with Crippen LogP contribution in [0.4, 0.5) is 0 Å².